The zero-order valence-electron chi connectivity index (χ0n) is 15.1. The number of hydrogen-bond donors (Lipinski definition) is 3. The molecule has 140 valence electrons. The first-order valence-electron chi connectivity index (χ1n) is 8.56. The van der Waals surface area contributed by atoms with Gasteiger partial charge in [-0.05, 0) is 48.7 Å². The number of nitrogens with one attached hydrogen (secondary N) is 2. The van der Waals surface area contributed by atoms with Gasteiger partial charge in [0.05, 0.1) is 0 Å². The van der Waals surface area contributed by atoms with Crippen LogP contribution >= 0.6 is 11.9 Å². The lowest BCUT2D eigenvalue weighted by atomic mass is 10.1. The number of aliphatic carboxylic acids is 1. The topological polar surface area (TPSA) is 81.7 Å². The molecule has 0 heterocycles. The normalized spacial score (nSPS) is 11.9. The van der Waals surface area contributed by atoms with E-state index >= 15 is 0 Å². The van der Waals surface area contributed by atoms with E-state index in [1.54, 1.807) is 11.9 Å². The van der Waals surface area contributed by atoms with Gasteiger partial charge in [0.1, 0.15) is 6.04 Å². The summed E-state index contributed by atoms with van der Waals surface area (Å²) in [5, 5.41) is 13.7. The highest BCUT2D eigenvalue weighted by molar-refractivity contribution is 7.97. The summed E-state index contributed by atoms with van der Waals surface area (Å²) in [6, 6.07) is 11.8. The standard InChI is InChI=1S/C19H25N3O3S/c1-22(2)17-10-5-8-15-14(17)7-6-11-18(15)26-21-12-4-3-9-16(19(24)25)20-13-23/h5-8,10-11,13,16,21H,3-4,9,12H2,1-2H3,(H,20,23)(H,24,25). The van der Waals surface area contributed by atoms with Gasteiger partial charge in [-0.25, -0.2) is 4.79 Å². The maximum absolute atomic E-state index is 10.9. The second-order valence-electron chi connectivity index (χ2n) is 6.19. The molecule has 0 saturated carbocycles. The number of amides is 1. The highest BCUT2D eigenvalue weighted by Crippen LogP contribution is 2.31. The molecule has 0 aliphatic carbocycles. The van der Waals surface area contributed by atoms with Crippen molar-refractivity contribution in [1.82, 2.24) is 10.0 Å². The molecule has 0 spiro atoms. The average molecular weight is 375 g/mol. The quantitative estimate of drug-likeness (QED) is 0.318. The van der Waals surface area contributed by atoms with E-state index in [0.29, 0.717) is 12.8 Å². The Morgan fingerprint density at radius 2 is 1.92 bits per heavy atom. The number of rotatable bonds is 11. The summed E-state index contributed by atoms with van der Waals surface area (Å²) < 4.78 is 3.34. The summed E-state index contributed by atoms with van der Waals surface area (Å²) in [7, 11) is 4.08. The number of fused-ring (bicyclic) bond motifs is 1. The van der Waals surface area contributed by atoms with Gasteiger partial charge in [0.25, 0.3) is 0 Å². The van der Waals surface area contributed by atoms with E-state index in [1.807, 2.05) is 14.1 Å². The molecule has 0 aliphatic heterocycles. The van der Waals surface area contributed by atoms with Crippen molar-refractivity contribution in [3.05, 3.63) is 36.4 Å². The summed E-state index contributed by atoms with van der Waals surface area (Å²) in [5.41, 5.74) is 1.19. The Bertz CT molecular complexity index is 752. The van der Waals surface area contributed by atoms with Crippen LogP contribution in [0.15, 0.2) is 41.3 Å². The van der Waals surface area contributed by atoms with Crippen LogP contribution in [0, 0.1) is 0 Å². The predicted molar refractivity (Wildman–Crippen MR) is 107 cm³/mol. The van der Waals surface area contributed by atoms with E-state index in [9.17, 15) is 9.59 Å². The maximum atomic E-state index is 10.9. The molecule has 7 heteroatoms. The molecule has 0 saturated heterocycles. The van der Waals surface area contributed by atoms with Crippen molar-refractivity contribution in [1.29, 1.82) is 0 Å². The lowest BCUT2D eigenvalue weighted by Crippen LogP contribution is -2.35. The van der Waals surface area contributed by atoms with Gasteiger partial charge >= 0.3 is 5.97 Å². The van der Waals surface area contributed by atoms with Crippen molar-refractivity contribution in [2.75, 3.05) is 25.5 Å². The third-order valence-corrected chi connectivity index (χ3v) is 5.04. The van der Waals surface area contributed by atoms with E-state index < -0.39 is 12.0 Å². The van der Waals surface area contributed by atoms with Gasteiger partial charge in [-0.15, -0.1) is 0 Å². The highest BCUT2D eigenvalue weighted by Gasteiger charge is 2.15. The number of carboxylic acids is 1. The van der Waals surface area contributed by atoms with Crippen molar-refractivity contribution in [3.63, 3.8) is 0 Å². The van der Waals surface area contributed by atoms with Gasteiger partial charge in [0.2, 0.25) is 6.41 Å². The molecule has 0 aromatic heterocycles. The Morgan fingerprint density at radius 1 is 1.19 bits per heavy atom. The molecule has 1 unspecified atom stereocenters. The maximum Gasteiger partial charge on any atom is 0.326 e. The van der Waals surface area contributed by atoms with Crippen molar-refractivity contribution >= 4 is 40.8 Å². The minimum Gasteiger partial charge on any atom is -0.480 e. The highest BCUT2D eigenvalue weighted by atomic mass is 32.2. The number of unbranched alkanes of at least 4 members (excludes halogenated alkanes) is 1. The van der Waals surface area contributed by atoms with Gasteiger partial charge < -0.3 is 15.3 Å². The first-order chi connectivity index (χ1) is 12.5. The third kappa shape index (κ3) is 5.37. The van der Waals surface area contributed by atoms with Crippen molar-refractivity contribution in [3.8, 4) is 0 Å². The van der Waals surface area contributed by atoms with Gasteiger partial charge in [-0.2, -0.15) is 0 Å². The van der Waals surface area contributed by atoms with Crippen LogP contribution in [0.25, 0.3) is 10.8 Å². The Hall–Kier alpha value is -2.25. The molecule has 26 heavy (non-hydrogen) atoms. The molecule has 2 aromatic carbocycles. The van der Waals surface area contributed by atoms with Gasteiger partial charge in [-0.3, -0.25) is 9.52 Å². The number of anilines is 1. The van der Waals surface area contributed by atoms with Gasteiger partial charge in [-0.1, -0.05) is 24.3 Å². The Labute approximate surface area is 158 Å². The summed E-state index contributed by atoms with van der Waals surface area (Å²) in [4.78, 5) is 24.6. The largest absolute Gasteiger partial charge is 0.480 e. The van der Waals surface area contributed by atoms with Crippen molar-refractivity contribution in [2.24, 2.45) is 0 Å². The van der Waals surface area contributed by atoms with Crippen LogP contribution in [0.3, 0.4) is 0 Å². The molecule has 0 radical (unpaired) electrons. The van der Waals surface area contributed by atoms with E-state index in [2.05, 4.69) is 51.3 Å². The number of nitrogens with zero attached hydrogens (tertiary/aromatic N) is 1. The Kier molecular flexibility index (Phi) is 7.74. The molecular formula is C19H25N3O3S. The fourth-order valence-electron chi connectivity index (χ4n) is 2.78. The number of carbonyl (C=O) groups excluding carboxylic acids is 1. The number of benzene rings is 2. The van der Waals surface area contributed by atoms with Crippen LogP contribution in [-0.2, 0) is 9.59 Å². The van der Waals surface area contributed by atoms with E-state index in [4.69, 9.17) is 5.11 Å². The summed E-state index contributed by atoms with van der Waals surface area (Å²) >= 11 is 1.59. The SMILES string of the molecule is CN(C)c1cccc2c(SNCCCCC(NC=O)C(=O)O)cccc12. The molecular weight excluding hydrogens is 350 g/mol. The molecule has 0 bridgehead atoms. The molecule has 0 aliphatic rings. The average Bonchev–Trinajstić information content (AvgIpc) is 2.62. The lowest BCUT2D eigenvalue weighted by Gasteiger charge is -2.16. The van der Waals surface area contributed by atoms with Crippen LogP contribution in [-0.4, -0.2) is 44.2 Å². The van der Waals surface area contributed by atoms with Crippen molar-refractivity contribution < 1.29 is 14.7 Å². The number of hydrogen-bond acceptors (Lipinski definition) is 5. The Balaban J connectivity index is 1.86. The fraction of sp³-hybridized carbons (Fsp3) is 0.368. The summed E-state index contributed by atoms with van der Waals surface area (Å²) in [6.45, 7) is 0.766. The van der Waals surface area contributed by atoms with Crippen molar-refractivity contribution in [2.45, 2.75) is 30.2 Å². The van der Waals surface area contributed by atoms with Crippen LogP contribution in [0.5, 0.6) is 0 Å². The van der Waals surface area contributed by atoms with E-state index in [1.165, 1.54) is 16.5 Å². The molecule has 0 fully saturated rings. The van der Waals surface area contributed by atoms with Crippen LogP contribution in [0.1, 0.15) is 19.3 Å². The first-order valence-corrected chi connectivity index (χ1v) is 9.37. The fourth-order valence-corrected chi connectivity index (χ4v) is 3.61. The van der Waals surface area contributed by atoms with Gasteiger partial charge in [0, 0.05) is 36.6 Å². The Morgan fingerprint density at radius 3 is 2.62 bits per heavy atom. The predicted octanol–water partition coefficient (Wildman–Crippen LogP) is 2.87. The smallest absolute Gasteiger partial charge is 0.326 e. The number of carboxylic acid groups (broad SMARTS) is 1. The first kappa shape index (κ1) is 20.1. The monoisotopic (exact) mass is 375 g/mol. The second kappa shape index (κ2) is 10.0. The zero-order valence-corrected chi connectivity index (χ0v) is 15.9. The zero-order chi connectivity index (χ0) is 18.9. The second-order valence-corrected chi connectivity index (χ2v) is 7.12. The molecule has 3 N–H and O–H groups in total. The molecule has 2 rings (SSSR count). The minimum atomic E-state index is -0.994. The van der Waals surface area contributed by atoms with Crippen LogP contribution in [0.2, 0.25) is 0 Å². The summed E-state index contributed by atoms with van der Waals surface area (Å²) in [5.74, 6) is -0.994. The molecule has 1 atom stereocenters. The van der Waals surface area contributed by atoms with Crippen LogP contribution < -0.4 is 14.9 Å². The molecule has 1 amide bonds. The third-order valence-electron chi connectivity index (χ3n) is 4.11. The van der Waals surface area contributed by atoms with Gasteiger partial charge in [0.15, 0.2) is 0 Å². The minimum absolute atomic E-state index is 0.431. The van der Waals surface area contributed by atoms with Crippen LogP contribution in [0.4, 0.5) is 5.69 Å². The van der Waals surface area contributed by atoms with E-state index in [-0.39, 0.29) is 0 Å². The summed E-state index contributed by atoms with van der Waals surface area (Å²) in [6.07, 6.45) is 2.44. The molecule has 2 aromatic rings. The molecule has 6 nitrogen and oxygen atoms in total. The number of carbonyl (C=O) groups is 2. The lowest BCUT2D eigenvalue weighted by molar-refractivity contribution is -0.140. The van der Waals surface area contributed by atoms with E-state index in [0.717, 1.165) is 24.3 Å².